The predicted octanol–water partition coefficient (Wildman–Crippen LogP) is 2.58. The van der Waals surface area contributed by atoms with Gasteiger partial charge in [-0.25, -0.2) is 4.68 Å². The molecule has 4 nitrogen and oxygen atoms in total. The van der Waals surface area contributed by atoms with Gasteiger partial charge >= 0.3 is 0 Å². The average molecular weight is 333 g/mol. The van der Waals surface area contributed by atoms with Gasteiger partial charge in [-0.05, 0) is 43.9 Å². The molecule has 0 spiro atoms. The largest absolute Gasteiger partial charge is 0.314 e. The van der Waals surface area contributed by atoms with Crippen LogP contribution in [0.25, 0.3) is 5.69 Å². The quantitative estimate of drug-likeness (QED) is 0.937. The Morgan fingerprint density at radius 3 is 2.83 bits per heavy atom. The number of halogens is 1. The first kappa shape index (κ1) is 16.5. The zero-order valence-corrected chi connectivity index (χ0v) is 14.5. The maximum absolute atomic E-state index is 4.99. The van der Waals surface area contributed by atoms with Crippen molar-refractivity contribution in [2.75, 3.05) is 19.6 Å². The molecule has 1 atom stereocenters. The van der Waals surface area contributed by atoms with Crippen LogP contribution in [0.3, 0.4) is 0 Å². The van der Waals surface area contributed by atoms with Crippen LogP contribution in [-0.4, -0.2) is 40.4 Å². The maximum Gasteiger partial charge on any atom is 0.0804 e. The van der Waals surface area contributed by atoms with Crippen molar-refractivity contribution in [2.45, 2.75) is 38.8 Å². The van der Waals surface area contributed by atoms with Crippen molar-refractivity contribution in [3.8, 4) is 5.69 Å². The smallest absolute Gasteiger partial charge is 0.0804 e. The van der Waals surface area contributed by atoms with Gasteiger partial charge in [-0.15, -0.1) is 12.4 Å². The van der Waals surface area contributed by atoms with Gasteiger partial charge in [0, 0.05) is 37.9 Å². The highest BCUT2D eigenvalue weighted by atomic mass is 35.5. The van der Waals surface area contributed by atoms with E-state index in [-0.39, 0.29) is 12.4 Å². The SMILES string of the molecule is C[C@H]1CNCCN1Cc1nn(-c2ccccc2)c2c1CCC2.Cl. The number of hydrogen-bond donors (Lipinski definition) is 1. The van der Waals surface area contributed by atoms with Gasteiger partial charge in [0.15, 0.2) is 0 Å². The molecular formula is C18H25ClN4. The third kappa shape index (κ3) is 3.16. The molecule has 1 aromatic heterocycles. The molecule has 1 aromatic carbocycles. The van der Waals surface area contributed by atoms with E-state index in [1.165, 1.54) is 35.5 Å². The normalized spacial score (nSPS) is 21.0. The van der Waals surface area contributed by atoms with Crippen molar-refractivity contribution >= 4 is 12.4 Å². The lowest BCUT2D eigenvalue weighted by atomic mass is 10.1. The molecule has 2 aromatic rings. The summed E-state index contributed by atoms with van der Waals surface area (Å²) in [6, 6.07) is 11.2. The van der Waals surface area contributed by atoms with Crippen LogP contribution in [0, 0.1) is 0 Å². The number of hydrogen-bond acceptors (Lipinski definition) is 3. The Morgan fingerprint density at radius 2 is 2.04 bits per heavy atom. The second-order valence-corrected chi connectivity index (χ2v) is 6.50. The zero-order chi connectivity index (χ0) is 14.9. The first-order valence-electron chi connectivity index (χ1n) is 8.43. The van der Waals surface area contributed by atoms with Gasteiger partial charge in [-0.3, -0.25) is 4.90 Å². The van der Waals surface area contributed by atoms with E-state index in [0.717, 1.165) is 32.6 Å². The number of para-hydroxylation sites is 1. The zero-order valence-electron chi connectivity index (χ0n) is 13.7. The lowest BCUT2D eigenvalue weighted by Crippen LogP contribution is -2.49. The lowest BCUT2D eigenvalue weighted by Gasteiger charge is -2.33. The van der Waals surface area contributed by atoms with Crippen molar-refractivity contribution in [1.82, 2.24) is 20.0 Å². The second-order valence-electron chi connectivity index (χ2n) is 6.50. The number of rotatable bonds is 3. The van der Waals surface area contributed by atoms with Gasteiger partial charge in [-0.1, -0.05) is 18.2 Å². The summed E-state index contributed by atoms with van der Waals surface area (Å²) in [6.45, 7) is 6.59. The number of nitrogens with zero attached hydrogens (tertiary/aromatic N) is 3. The van der Waals surface area contributed by atoms with E-state index in [9.17, 15) is 0 Å². The highest BCUT2D eigenvalue weighted by Crippen LogP contribution is 2.28. The molecule has 0 radical (unpaired) electrons. The predicted molar refractivity (Wildman–Crippen MR) is 95.6 cm³/mol. The third-order valence-corrected chi connectivity index (χ3v) is 5.01. The number of fused-ring (bicyclic) bond motifs is 1. The molecule has 0 unspecified atom stereocenters. The molecule has 1 aliphatic carbocycles. The highest BCUT2D eigenvalue weighted by molar-refractivity contribution is 5.85. The molecule has 23 heavy (non-hydrogen) atoms. The van der Waals surface area contributed by atoms with Crippen LogP contribution in [0.4, 0.5) is 0 Å². The molecule has 1 saturated heterocycles. The third-order valence-electron chi connectivity index (χ3n) is 5.01. The van der Waals surface area contributed by atoms with Crippen LogP contribution in [0.5, 0.6) is 0 Å². The summed E-state index contributed by atoms with van der Waals surface area (Å²) in [5.41, 5.74) is 5.43. The van der Waals surface area contributed by atoms with Crippen molar-refractivity contribution in [3.63, 3.8) is 0 Å². The van der Waals surface area contributed by atoms with E-state index in [2.05, 4.69) is 52.2 Å². The van der Waals surface area contributed by atoms with Crippen molar-refractivity contribution in [2.24, 2.45) is 0 Å². The van der Waals surface area contributed by atoms with E-state index >= 15 is 0 Å². The van der Waals surface area contributed by atoms with E-state index in [0.29, 0.717) is 6.04 Å². The molecule has 5 heteroatoms. The number of nitrogens with one attached hydrogen (secondary N) is 1. The second kappa shape index (κ2) is 7.04. The Balaban J connectivity index is 0.00000156. The molecule has 1 N–H and O–H groups in total. The van der Waals surface area contributed by atoms with E-state index in [4.69, 9.17) is 5.10 Å². The van der Waals surface area contributed by atoms with Gasteiger partial charge in [0.2, 0.25) is 0 Å². The van der Waals surface area contributed by atoms with Crippen LogP contribution in [0.2, 0.25) is 0 Å². The fourth-order valence-corrected chi connectivity index (χ4v) is 3.73. The minimum atomic E-state index is 0. The van der Waals surface area contributed by atoms with Gasteiger partial charge in [0.25, 0.3) is 0 Å². The summed E-state index contributed by atoms with van der Waals surface area (Å²) in [6.07, 6.45) is 3.62. The molecule has 4 rings (SSSR count). The summed E-state index contributed by atoms with van der Waals surface area (Å²) in [5, 5.41) is 8.45. The fourth-order valence-electron chi connectivity index (χ4n) is 3.73. The molecule has 1 aliphatic heterocycles. The first-order chi connectivity index (χ1) is 10.8. The maximum atomic E-state index is 4.99. The summed E-state index contributed by atoms with van der Waals surface area (Å²) in [7, 11) is 0. The van der Waals surface area contributed by atoms with Gasteiger partial charge in [-0.2, -0.15) is 5.10 Å². The summed E-state index contributed by atoms with van der Waals surface area (Å²) < 4.78 is 2.19. The van der Waals surface area contributed by atoms with Crippen LogP contribution in [0.1, 0.15) is 30.3 Å². The number of piperazine rings is 1. The van der Waals surface area contributed by atoms with Crippen molar-refractivity contribution < 1.29 is 0 Å². The Hall–Kier alpha value is -1.36. The van der Waals surface area contributed by atoms with Crippen LogP contribution in [-0.2, 0) is 19.4 Å². The summed E-state index contributed by atoms with van der Waals surface area (Å²) >= 11 is 0. The fraction of sp³-hybridized carbons (Fsp3) is 0.500. The summed E-state index contributed by atoms with van der Waals surface area (Å²) in [5.74, 6) is 0. The minimum Gasteiger partial charge on any atom is -0.314 e. The molecule has 124 valence electrons. The molecule has 2 heterocycles. The molecular weight excluding hydrogens is 308 g/mol. The van der Waals surface area contributed by atoms with Crippen molar-refractivity contribution in [3.05, 3.63) is 47.3 Å². The minimum absolute atomic E-state index is 0. The lowest BCUT2D eigenvalue weighted by molar-refractivity contribution is 0.163. The number of benzene rings is 1. The molecule has 0 saturated carbocycles. The highest BCUT2D eigenvalue weighted by Gasteiger charge is 2.26. The van der Waals surface area contributed by atoms with Crippen molar-refractivity contribution in [1.29, 1.82) is 0 Å². The number of aromatic nitrogens is 2. The Labute approximate surface area is 144 Å². The first-order valence-corrected chi connectivity index (χ1v) is 8.43. The molecule has 0 amide bonds. The molecule has 2 aliphatic rings. The van der Waals surface area contributed by atoms with E-state index in [1.807, 2.05) is 0 Å². The molecule has 0 bridgehead atoms. The standard InChI is InChI=1S/C18H24N4.ClH/c1-14-12-19-10-11-21(14)13-17-16-8-5-9-18(16)22(20-17)15-6-3-2-4-7-15;/h2-4,6-7,14,19H,5,8-13H2,1H3;1H/t14-;/m0./s1. The Kier molecular flexibility index (Phi) is 5.05. The van der Waals surface area contributed by atoms with Gasteiger partial charge in [0.1, 0.15) is 0 Å². The van der Waals surface area contributed by atoms with Gasteiger partial charge < -0.3 is 5.32 Å². The van der Waals surface area contributed by atoms with E-state index < -0.39 is 0 Å². The van der Waals surface area contributed by atoms with Crippen LogP contribution < -0.4 is 5.32 Å². The van der Waals surface area contributed by atoms with Crippen LogP contribution >= 0.6 is 12.4 Å². The monoisotopic (exact) mass is 332 g/mol. The summed E-state index contributed by atoms with van der Waals surface area (Å²) in [4.78, 5) is 2.56. The van der Waals surface area contributed by atoms with Gasteiger partial charge in [0.05, 0.1) is 11.4 Å². The Bertz CT molecular complexity index is 653. The Morgan fingerprint density at radius 1 is 1.22 bits per heavy atom. The van der Waals surface area contributed by atoms with E-state index in [1.54, 1.807) is 0 Å². The van der Waals surface area contributed by atoms with Crippen LogP contribution in [0.15, 0.2) is 30.3 Å². The average Bonchev–Trinajstić information content (AvgIpc) is 3.14. The topological polar surface area (TPSA) is 33.1 Å². The molecule has 1 fully saturated rings.